The molecule has 5 aromatic carbocycles. The smallest absolute Gasteiger partial charge is 0.319 e. The van der Waals surface area contributed by atoms with Gasteiger partial charge in [-0.25, -0.2) is 4.79 Å². The average molecular weight is 740 g/mol. The first-order valence-corrected chi connectivity index (χ1v) is 18.8. The van der Waals surface area contributed by atoms with Crippen LogP contribution in [0.1, 0.15) is 41.6 Å². The molecule has 0 bridgehead atoms. The molecule has 1 saturated heterocycles. The lowest BCUT2D eigenvalue weighted by molar-refractivity contribution is -0.645. The molecule has 0 saturated carbocycles. The maximum atomic E-state index is 12.7. The highest BCUT2D eigenvalue weighted by molar-refractivity contribution is 7.99. The summed E-state index contributed by atoms with van der Waals surface area (Å²) in [7, 11) is 0. The van der Waals surface area contributed by atoms with Gasteiger partial charge in [0, 0.05) is 41.6 Å². The number of carbonyl (C=O) groups is 1. The summed E-state index contributed by atoms with van der Waals surface area (Å²) >= 11 is 1.47. The Morgan fingerprint density at radius 2 is 1.50 bits per heavy atom. The number of rotatable bonds is 12. The van der Waals surface area contributed by atoms with Crippen molar-refractivity contribution in [3.8, 4) is 22.6 Å². The molecular formula is C44H41N3O6S. The monoisotopic (exact) mass is 739 g/mol. The maximum Gasteiger partial charge on any atom is 0.319 e. The van der Waals surface area contributed by atoms with Gasteiger partial charge >= 0.3 is 6.03 Å². The minimum absolute atomic E-state index is 0.00433. The normalized spacial score (nSPS) is 18.1. The topological polar surface area (TPSA) is 116 Å². The first-order chi connectivity index (χ1) is 26.4. The van der Waals surface area contributed by atoms with E-state index in [-0.39, 0.29) is 30.8 Å². The van der Waals surface area contributed by atoms with Gasteiger partial charge in [-0.2, -0.15) is 4.73 Å². The van der Waals surface area contributed by atoms with Gasteiger partial charge in [-0.05, 0) is 76.3 Å². The predicted octanol–water partition coefficient (Wildman–Crippen LogP) is 9.18. The van der Waals surface area contributed by atoms with Crippen LogP contribution in [0, 0.1) is 11.1 Å². The van der Waals surface area contributed by atoms with Gasteiger partial charge in [0.15, 0.2) is 12.5 Å². The van der Waals surface area contributed by atoms with Gasteiger partial charge in [-0.1, -0.05) is 104 Å². The molecule has 2 heterocycles. The highest BCUT2D eigenvalue weighted by atomic mass is 32.2. The lowest BCUT2D eigenvalue weighted by atomic mass is 9.91. The van der Waals surface area contributed by atoms with E-state index in [9.17, 15) is 15.1 Å². The highest BCUT2D eigenvalue weighted by Crippen LogP contribution is 2.43. The number of urea groups is 1. The van der Waals surface area contributed by atoms with Crippen LogP contribution in [0.3, 0.4) is 0 Å². The fourth-order valence-corrected chi connectivity index (χ4v) is 7.36. The summed E-state index contributed by atoms with van der Waals surface area (Å²) in [6.07, 6.45) is 0.414. The van der Waals surface area contributed by atoms with Crippen molar-refractivity contribution in [1.82, 2.24) is 5.32 Å². The number of aromatic nitrogens is 1. The van der Waals surface area contributed by atoms with Gasteiger partial charge in [0.2, 0.25) is 0 Å². The molecule has 2 amide bonds. The summed E-state index contributed by atoms with van der Waals surface area (Å²) in [5.74, 6) is 2.00. The van der Waals surface area contributed by atoms with E-state index in [0.29, 0.717) is 28.8 Å². The van der Waals surface area contributed by atoms with Crippen LogP contribution < -0.4 is 20.1 Å². The molecule has 7 rings (SSSR count). The molecule has 1 aromatic heterocycles. The zero-order chi connectivity index (χ0) is 37.3. The van der Waals surface area contributed by atoms with Crippen LogP contribution in [0.2, 0.25) is 0 Å². The van der Waals surface area contributed by atoms with Crippen LogP contribution in [0.4, 0.5) is 10.5 Å². The largest absolute Gasteiger partial charge is 0.618 e. The molecule has 6 aromatic rings. The second kappa shape index (κ2) is 17.5. The van der Waals surface area contributed by atoms with Crippen molar-refractivity contribution >= 4 is 23.5 Å². The number of carbonyl (C=O) groups excluding carboxylic acids is 1. The van der Waals surface area contributed by atoms with Gasteiger partial charge < -0.3 is 35.2 Å². The molecule has 10 heteroatoms. The van der Waals surface area contributed by atoms with Gasteiger partial charge in [0.1, 0.15) is 11.5 Å². The van der Waals surface area contributed by atoms with E-state index >= 15 is 0 Å². The number of aliphatic hydroxyl groups excluding tert-OH is 1. The number of nitrogens with zero attached hydrogens (tertiary/aromatic N) is 1. The van der Waals surface area contributed by atoms with Crippen molar-refractivity contribution in [3.63, 3.8) is 0 Å². The first kappa shape index (κ1) is 36.7. The standard InChI is InChI=1S/C44H41N3O6S/c1-30-40(29-54-41-12-5-6-25-47(41)50)52-43(53-42(30)34-15-13-31(28-48)14-16-34)35-19-17-33(18-20-35)36-9-7-8-32(26-36)27-45-44(49)46-37-21-23-39(24-22-37)51-38-10-3-2-4-11-38/h2-26,30,40,42-43,48H,27-29H2,1H3,(H2,45,46,49). The molecule has 9 nitrogen and oxygen atoms in total. The van der Waals surface area contributed by atoms with Crippen LogP contribution in [0.25, 0.3) is 11.1 Å². The zero-order valence-corrected chi connectivity index (χ0v) is 30.5. The van der Waals surface area contributed by atoms with E-state index in [2.05, 4.69) is 23.6 Å². The molecular weight excluding hydrogens is 699 g/mol. The molecule has 1 aliphatic rings. The Morgan fingerprint density at radius 1 is 0.778 bits per heavy atom. The fraction of sp³-hybridized carbons (Fsp3) is 0.182. The third-order valence-corrected chi connectivity index (χ3v) is 10.4. The number of benzene rings is 5. The van der Waals surface area contributed by atoms with E-state index in [1.807, 2.05) is 121 Å². The van der Waals surface area contributed by atoms with E-state index in [1.165, 1.54) is 18.0 Å². The number of ether oxygens (including phenoxy) is 3. The Balaban J connectivity index is 0.990. The van der Waals surface area contributed by atoms with Crippen molar-refractivity contribution < 1.29 is 28.8 Å². The summed E-state index contributed by atoms with van der Waals surface area (Å²) in [6, 6.07) is 45.8. The molecule has 1 aliphatic heterocycles. The number of nitrogens with one attached hydrogen (secondary N) is 2. The second-order valence-electron chi connectivity index (χ2n) is 13.1. The van der Waals surface area contributed by atoms with Gasteiger partial charge in [-0.3, -0.25) is 0 Å². The number of hydrogen-bond acceptors (Lipinski definition) is 7. The average Bonchev–Trinajstić information content (AvgIpc) is 3.21. The maximum absolute atomic E-state index is 12.7. The molecule has 0 radical (unpaired) electrons. The van der Waals surface area contributed by atoms with Crippen molar-refractivity contribution in [2.75, 3.05) is 11.1 Å². The zero-order valence-electron chi connectivity index (χ0n) is 29.7. The van der Waals surface area contributed by atoms with Crippen molar-refractivity contribution in [3.05, 3.63) is 179 Å². The number of aliphatic hydroxyl groups is 1. The molecule has 0 spiro atoms. The number of thioether (sulfide) groups is 1. The Morgan fingerprint density at radius 3 is 2.24 bits per heavy atom. The number of pyridine rings is 1. The van der Waals surface area contributed by atoms with Gasteiger partial charge in [-0.15, -0.1) is 0 Å². The number of para-hydroxylation sites is 1. The van der Waals surface area contributed by atoms with E-state index in [1.54, 1.807) is 18.2 Å². The second-order valence-corrected chi connectivity index (χ2v) is 14.1. The fourth-order valence-electron chi connectivity index (χ4n) is 6.28. The number of anilines is 1. The summed E-state index contributed by atoms with van der Waals surface area (Å²) < 4.78 is 19.9. The first-order valence-electron chi connectivity index (χ1n) is 17.8. The van der Waals surface area contributed by atoms with Crippen LogP contribution in [-0.4, -0.2) is 23.0 Å². The lowest BCUT2D eigenvalue weighted by Crippen LogP contribution is -2.39. The van der Waals surface area contributed by atoms with Gasteiger partial charge in [0.25, 0.3) is 5.03 Å². The quantitative estimate of drug-likeness (QED) is 0.0651. The summed E-state index contributed by atoms with van der Waals surface area (Å²) in [4.78, 5) is 12.7. The SMILES string of the molecule is CC1C(CSc2cccc[n+]2[O-])OC(c2ccc(-c3cccc(CNC(=O)Nc4ccc(Oc5ccccc5)cc4)c3)cc2)OC1c1ccc(CO)cc1. The Kier molecular flexibility index (Phi) is 11.9. The van der Waals surface area contributed by atoms with Crippen LogP contribution in [-0.2, 0) is 22.6 Å². The molecule has 4 atom stereocenters. The van der Waals surface area contributed by atoms with E-state index in [0.717, 1.165) is 43.9 Å². The summed E-state index contributed by atoms with van der Waals surface area (Å²) in [5, 5.41) is 28.4. The highest BCUT2D eigenvalue weighted by Gasteiger charge is 2.38. The molecule has 54 heavy (non-hydrogen) atoms. The summed E-state index contributed by atoms with van der Waals surface area (Å²) in [5.41, 5.74) is 6.36. The van der Waals surface area contributed by atoms with Crippen LogP contribution in [0.5, 0.6) is 11.5 Å². The Labute approximate surface area is 319 Å². The third-order valence-electron chi connectivity index (χ3n) is 9.29. The Bertz CT molecular complexity index is 2130. The van der Waals surface area contributed by atoms with E-state index < -0.39 is 6.29 Å². The molecule has 1 fully saturated rings. The third kappa shape index (κ3) is 9.28. The van der Waals surface area contributed by atoms with E-state index in [4.69, 9.17) is 14.2 Å². The minimum atomic E-state index is -0.625. The van der Waals surface area contributed by atoms with Crippen LogP contribution >= 0.6 is 11.8 Å². The van der Waals surface area contributed by atoms with Crippen molar-refractivity contribution in [2.24, 2.45) is 5.92 Å². The van der Waals surface area contributed by atoms with Crippen molar-refractivity contribution in [2.45, 2.75) is 43.6 Å². The summed E-state index contributed by atoms with van der Waals surface area (Å²) in [6.45, 7) is 2.43. The Hall–Kier alpha value is -5.65. The minimum Gasteiger partial charge on any atom is -0.618 e. The number of amides is 2. The number of hydrogen-bond donors (Lipinski definition) is 3. The van der Waals surface area contributed by atoms with Crippen molar-refractivity contribution in [1.29, 1.82) is 0 Å². The molecule has 274 valence electrons. The molecule has 3 N–H and O–H groups in total. The lowest BCUT2D eigenvalue weighted by Gasteiger charge is -2.41. The van der Waals surface area contributed by atoms with Crippen LogP contribution in [0.15, 0.2) is 157 Å². The molecule has 4 unspecified atom stereocenters. The van der Waals surface area contributed by atoms with Gasteiger partial charge in [0.05, 0.1) is 18.8 Å². The molecule has 0 aliphatic carbocycles. The predicted molar refractivity (Wildman–Crippen MR) is 210 cm³/mol.